The van der Waals surface area contributed by atoms with Crippen molar-refractivity contribution in [2.45, 2.75) is 111 Å². The van der Waals surface area contributed by atoms with Gasteiger partial charge >= 0.3 is 5.97 Å². The molecule has 0 spiro atoms. The van der Waals surface area contributed by atoms with Crippen molar-refractivity contribution in [3.8, 4) is 0 Å². The Labute approximate surface area is 191 Å². The summed E-state index contributed by atoms with van der Waals surface area (Å²) in [7, 11) is -4.29. The third kappa shape index (κ3) is 5.68. The molecule has 6 nitrogen and oxygen atoms in total. The lowest BCUT2D eigenvalue weighted by molar-refractivity contribution is -0.161. The van der Waals surface area contributed by atoms with Gasteiger partial charge in [0.15, 0.2) is 22.3 Å². The topological polar surface area (TPSA) is 72.9 Å². The highest BCUT2D eigenvalue weighted by atomic mass is 28.4. The van der Waals surface area contributed by atoms with E-state index in [1.54, 1.807) is 0 Å². The molecule has 1 aliphatic rings. The zero-order valence-corrected chi connectivity index (χ0v) is 24.0. The smallest absolute Gasteiger partial charge is 0.303 e. The molecule has 0 N–H and O–H groups in total. The lowest BCUT2D eigenvalue weighted by atomic mass is 9.77. The van der Waals surface area contributed by atoms with Crippen molar-refractivity contribution in [3.63, 3.8) is 0 Å². The summed E-state index contributed by atoms with van der Waals surface area (Å²) in [4.78, 5) is 37.6. The van der Waals surface area contributed by atoms with Crippen molar-refractivity contribution >= 4 is 34.2 Å². The summed E-state index contributed by atoms with van der Waals surface area (Å²) in [5.41, 5.74) is 0. The number of β-lactam (4-membered cyclic amide) rings is 1. The van der Waals surface area contributed by atoms with Gasteiger partial charge in [-0.1, -0.05) is 61.6 Å². The summed E-state index contributed by atoms with van der Waals surface area (Å²) in [5, 5.41) is -0.0203. The predicted molar refractivity (Wildman–Crippen MR) is 130 cm³/mol. The Bertz CT molecular complexity index is 706. The number of ketones is 1. The first-order valence-corrected chi connectivity index (χ1v) is 17.2. The maximum Gasteiger partial charge on any atom is 0.303 e. The standard InChI is InChI=1S/C23H45NO5Si2/c1-15(18(26)14-28-17(3)25)20-19(16(2)29-31(12,13)23(7,8)9)21(27)24(20)30(10,11)22(4,5)6/h15-16,19-20H,14H2,1-13H3/t15-,16+,19?,20?/m0/s1. The molecule has 1 amide bonds. The van der Waals surface area contributed by atoms with Crippen LogP contribution in [0.5, 0.6) is 0 Å². The van der Waals surface area contributed by atoms with Crippen molar-refractivity contribution in [2.24, 2.45) is 11.8 Å². The maximum atomic E-state index is 13.5. The van der Waals surface area contributed by atoms with E-state index in [9.17, 15) is 14.4 Å². The number of amides is 1. The van der Waals surface area contributed by atoms with Crippen LogP contribution >= 0.6 is 0 Å². The van der Waals surface area contributed by atoms with Crippen molar-refractivity contribution in [3.05, 3.63) is 0 Å². The van der Waals surface area contributed by atoms with E-state index >= 15 is 0 Å². The fraction of sp³-hybridized carbons (Fsp3) is 0.870. The van der Waals surface area contributed by atoms with E-state index in [4.69, 9.17) is 9.16 Å². The number of Topliss-reactive ketones (excluding diaryl/α,β-unsaturated/α-hetero) is 1. The monoisotopic (exact) mass is 471 g/mol. The molecular formula is C23H45NO5Si2. The van der Waals surface area contributed by atoms with Gasteiger partial charge in [0.25, 0.3) is 0 Å². The van der Waals surface area contributed by atoms with Gasteiger partial charge < -0.3 is 13.7 Å². The second-order valence-corrected chi connectivity index (χ2v) is 22.0. The van der Waals surface area contributed by atoms with Crippen LogP contribution in [-0.2, 0) is 23.5 Å². The Morgan fingerprint density at radius 3 is 1.87 bits per heavy atom. The van der Waals surface area contributed by atoms with Crippen LogP contribution in [0.2, 0.25) is 36.3 Å². The van der Waals surface area contributed by atoms with Gasteiger partial charge in [-0.2, -0.15) is 0 Å². The summed E-state index contributed by atoms with van der Waals surface area (Å²) < 4.78 is 13.6. The number of hydrogen-bond acceptors (Lipinski definition) is 5. The van der Waals surface area contributed by atoms with Gasteiger partial charge in [0.05, 0.1) is 12.0 Å². The van der Waals surface area contributed by atoms with Crippen LogP contribution in [0.25, 0.3) is 0 Å². The fourth-order valence-electron chi connectivity index (χ4n) is 3.76. The Hall–Kier alpha value is -0.996. The molecule has 0 aromatic rings. The highest BCUT2D eigenvalue weighted by Crippen LogP contribution is 2.49. The quantitative estimate of drug-likeness (QED) is 0.283. The number of carbonyl (C=O) groups is 3. The summed E-state index contributed by atoms with van der Waals surface area (Å²) >= 11 is 0. The lowest BCUT2D eigenvalue weighted by Gasteiger charge is -2.61. The number of hydrogen-bond donors (Lipinski definition) is 0. The van der Waals surface area contributed by atoms with Crippen LogP contribution in [0.3, 0.4) is 0 Å². The zero-order chi connectivity index (χ0) is 24.7. The normalized spacial score (nSPS) is 22.6. The molecule has 1 heterocycles. The average Bonchev–Trinajstić information content (AvgIpc) is 2.53. The summed E-state index contributed by atoms with van der Waals surface area (Å²) in [6.07, 6.45) is -0.275. The third-order valence-corrected chi connectivity index (χ3v) is 17.8. The molecule has 1 aliphatic heterocycles. The van der Waals surface area contributed by atoms with E-state index in [2.05, 4.69) is 67.7 Å². The molecule has 0 aliphatic carbocycles. The average molecular weight is 472 g/mol. The first-order chi connectivity index (χ1) is 13.7. The Kier molecular flexibility index (Phi) is 8.23. The van der Waals surface area contributed by atoms with E-state index in [1.807, 2.05) is 18.4 Å². The van der Waals surface area contributed by atoms with E-state index in [-0.39, 0.29) is 46.4 Å². The van der Waals surface area contributed by atoms with Gasteiger partial charge in [0.1, 0.15) is 6.61 Å². The van der Waals surface area contributed by atoms with E-state index in [0.717, 1.165) is 0 Å². The first kappa shape index (κ1) is 28.0. The number of esters is 1. The van der Waals surface area contributed by atoms with E-state index in [1.165, 1.54) is 6.92 Å². The van der Waals surface area contributed by atoms with Crippen molar-refractivity contribution < 1.29 is 23.5 Å². The van der Waals surface area contributed by atoms with Crippen LogP contribution in [0.1, 0.15) is 62.3 Å². The molecule has 1 fully saturated rings. The molecule has 31 heavy (non-hydrogen) atoms. The minimum Gasteiger partial charge on any atom is -0.458 e. The molecule has 8 heteroatoms. The molecule has 4 atom stereocenters. The van der Waals surface area contributed by atoms with Gasteiger partial charge in [-0.25, -0.2) is 0 Å². The second-order valence-electron chi connectivity index (χ2n) is 12.2. The van der Waals surface area contributed by atoms with Gasteiger partial charge in [0, 0.05) is 18.9 Å². The molecule has 0 radical (unpaired) electrons. The largest absolute Gasteiger partial charge is 0.458 e. The maximum absolute atomic E-state index is 13.5. The molecule has 180 valence electrons. The fourth-order valence-corrected chi connectivity index (χ4v) is 7.75. The third-order valence-electron chi connectivity index (χ3n) is 7.86. The Morgan fingerprint density at radius 2 is 1.48 bits per heavy atom. The van der Waals surface area contributed by atoms with Crippen LogP contribution in [0.15, 0.2) is 0 Å². The van der Waals surface area contributed by atoms with Gasteiger partial charge in [0.2, 0.25) is 5.91 Å². The Balaban J connectivity index is 3.29. The number of carbonyl (C=O) groups excluding carboxylic acids is 3. The minimum atomic E-state index is -2.20. The Morgan fingerprint density at radius 1 is 1.00 bits per heavy atom. The summed E-state index contributed by atoms with van der Waals surface area (Å²) in [5.74, 6) is -1.32. The molecular weight excluding hydrogens is 426 g/mol. The predicted octanol–water partition coefficient (Wildman–Crippen LogP) is 5.00. The molecule has 0 bridgehead atoms. The van der Waals surface area contributed by atoms with Crippen LogP contribution in [-0.4, -0.2) is 57.5 Å². The van der Waals surface area contributed by atoms with Crippen molar-refractivity contribution in [2.75, 3.05) is 6.61 Å². The SMILES string of the molecule is CC(=O)OCC(=O)[C@H](C)C1C([C@@H](C)O[Si](C)(C)C(C)(C)C)C(=O)N1[Si](C)(C)C(C)(C)C. The van der Waals surface area contributed by atoms with Crippen LogP contribution < -0.4 is 0 Å². The zero-order valence-electron chi connectivity index (χ0n) is 22.0. The van der Waals surface area contributed by atoms with Gasteiger partial charge in [-0.15, -0.1) is 0 Å². The van der Waals surface area contributed by atoms with Crippen molar-refractivity contribution in [1.29, 1.82) is 0 Å². The van der Waals surface area contributed by atoms with Gasteiger partial charge in [-0.3, -0.25) is 14.4 Å². The molecule has 1 saturated heterocycles. The van der Waals surface area contributed by atoms with E-state index < -0.39 is 28.4 Å². The minimum absolute atomic E-state index is 0.0272. The number of nitrogens with zero attached hydrogens (tertiary/aromatic N) is 1. The number of ether oxygens (including phenoxy) is 1. The highest BCUT2D eigenvalue weighted by Gasteiger charge is 2.61. The summed E-state index contributed by atoms with van der Waals surface area (Å²) in [6, 6.07) is -0.240. The molecule has 2 unspecified atom stereocenters. The molecule has 0 saturated carbocycles. The molecule has 0 aromatic carbocycles. The highest BCUT2D eigenvalue weighted by molar-refractivity contribution is 6.80. The second kappa shape index (κ2) is 9.10. The summed E-state index contributed by atoms with van der Waals surface area (Å²) in [6.45, 7) is 26.7. The van der Waals surface area contributed by atoms with Crippen LogP contribution in [0.4, 0.5) is 0 Å². The molecule has 0 aromatic heterocycles. The first-order valence-electron chi connectivity index (χ1n) is 11.3. The van der Waals surface area contributed by atoms with Crippen molar-refractivity contribution in [1.82, 2.24) is 4.57 Å². The lowest BCUT2D eigenvalue weighted by Crippen LogP contribution is -2.77. The number of rotatable bonds is 8. The molecule has 1 rings (SSSR count). The van der Waals surface area contributed by atoms with Gasteiger partial charge in [-0.05, 0) is 30.1 Å². The van der Waals surface area contributed by atoms with Crippen LogP contribution in [0, 0.1) is 11.8 Å². The van der Waals surface area contributed by atoms with E-state index in [0.29, 0.717) is 0 Å².